The van der Waals surface area contributed by atoms with Gasteiger partial charge in [-0.3, -0.25) is 0 Å². The zero-order valence-corrected chi connectivity index (χ0v) is 10.4. The molecule has 0 fully saturated rings. The molecule has 1 aromatic heterocycles. The van der Waals surface area contributed by atoms with E-state index < -0.39 is 0 Å². The first kappa shape index (κ1) is 10.3. The Morgan fingerprint density at radius 2 is 1.65 bits per heavy atom. The summed E-state index contributed by atoms with van der Waals surface area (Å²) in [4.78, 5) is 8.10. The van der Waals surface area contributed by atoms with Gasteiger partial charge in [-0.05, 0) is 22.9 Å². The molecular weight excluding hydrogens is 208 g/mol. The normalized spacial score (nSPS) is 12.4. The predicted molar refractivity (Wildman–Crippen MR) is 72.3 cm³/mol. The molecule has 0 aliphatic rings. The Bertz CT molecular complexity index is 634. The van der Waals surface area contributed by atoms with Crippen molar-refractivity contribution in [1.29, 1.82) is 0 Å². The van der Waals surface area contributed by atoms with Gasteiger partial charge in [0, 0.05) is 5.41 Å². The number of H-pyrrole nitrogens is 1. The van der Waals surface area contributed by atoms with Gasteiger partial charge in [-0.15, -0.1) is 0 Å². The fraction of sp³-hybridized carbons (Fsp3) is 0.267. The molecule has 0 unspecified atom stereocenters. The van der Waals surface area contributed by atoms with Gasteiger partial charge >= 0.3 is 0 Å². The van der Waals surface area contributed by atoms with Crippen LogP contribution in [-0.2, 0) is 5.41 Å². The minimum atomic E-state index is 0.0607. The molecule has 0 atom stereocenters. The summed E-state index contributed by atoms with van der Waals surface area (Å²) >= 11 is 0. The van der Waals surface area contributed by atoms with E-state index in [2.05, 4.69) is 67.1 Å². The van der Waals surface area contributed by atoms with Crippen LogP contribution in [0.5, 0.6) is 0 Å². The Kier molecular flexibility index (Phi) is 2.02. The minimum absolute atomic E-state index is 0.0607. The smallest absolute Gasteiger partial charge is 0.112 e. The van der Waals surface area contributed by atoms with Crippen LogP contribution in [0.25, 0.3) is 21.8 Å². The molecule has 2 aromatic carbocycles. The maximum absolute atomic E-state index is 4.68. The number of hydrogen-bond acceptors (Lipinski definition) is 1. The minimum Gasteiger partial charge on any atom is -0.342 e. The predicted octanol–water partition coefficient (Wildman–Crippen LogP) is 4.01. The Morgan fingerprint density at radius 3 is 2.29 bits per heavy atom. The van der Waals surface area contributed by atoms with Crippen LogP contribution < -0.4 is 0 Å². The Labute approximate surface area is 101 Å². The van der Waals surface area contributed by atoms with Gasteiger partial charge in [0.25, 0.3) is 0 Å². The van der Waals surface area contributed by atoms with Crippen LogP contribution in [-0.4, -0.2) is 9.97 Å². The van der Waals surface area contributed by atoms with Crippen molar-refractivity contribution < 1.29 is 0 Å². The second-order valence-corrected chi connectivity index (χ2v) is 5.55. The van der Waals surface area contributed by atoms with Crippen LogP contribution >= 0.6 is 0 Å². The molecule has 0 saturated heterocycles. The number of imidazole rings is 1. The van der Waals surface area contributed by atoms with Crippen molar-refractivity contribution in [1.82, 2.24) is 9.97 Å². The van der Waals surface area contributed by atoms with Gasteiger partial charge in [0.05, 0.1) is 11.0 Å². The number of rotatable bonds is 0. The standard InChI is InChI=1S/C15H16N2/c1-15(2,3)14-16-12-8-10-6-4-5-7-11(10)9-13(12)17-14/h4-9H,1-3H3,(H,16,17). The highest BCUT2D eigenvalue weighted by Gasteiger charge is 2.18. The van der Waals surface area contributed by atoms with Crippen molar-refractivity contribution >= 4 is 21.8 Å². The van der Waals surface area contributed by atoms with E-state index in [4.69, 9.17) is 0 Å². The summed E-state index contributed by atoms with van der Waals surface area (Å²) < 4.78 is 0. The lowest BCUT2D eigenvalue weighted by molar-refractivity contribution is 0.554. The zero-order chi connectivity index (χ0) is 12.0. The van der Waals surface area contributed by atoms with Crippen molar-refractivity contribution in [3.8, 4) is 0 Å². The highest BCUT2D eigenvalue weighted by atomic mass is 14.9. The van der Waals surface area contributed by atoms with Crippen LogP contribution in [0.1, 0.15) is 26.6 Å². The number of fused-ring (bicyclic) bond motifs is 2. The van der Waals surface area contributed by atoms with E-state index in [0.717, 1.165) is 16.9 Å². The van der Waals surface area contributed by atoms with Crippen molar-refractivity contribution in [3.05, 3.63) is 42.2 Å². The highest BCUT2D eigenvalue weighted by Crippen LogP contribution is 2.25. The number of aromatic amines is 1. The Balaban J connectivity index is 2.32. The lowest BCUT2D eigenvalue weighted by Crippen LogP contribution is -2.12. The summed E-state index contributed by atoms with van der Waals surface area (Å²) in [6.07, 6.45) is 0. The molecule has 0 saturated carbocycles. The Morgan fingerprint density at radius 1 is 1.00 bits per heavy atom. The van der Waals surface area contributed by atoms with Crippen LogP contribution in [0.3, 0.4) is 0 Å². The van der Waals surface area contributed by atoms with Gasteiger partial charge in [-0.1, -0.05) is 45.0 Å². The summed E-state index contributed by atoms with van der Waals surface area (Å²) in [6.45, 7) is 6.51. The van der Waals surface area contributed by atoms with Gasteiger partial charge in [-0.2, -0.15) is 0 Å². The van der Waals surface area contributed by atoms with Crippen LogP contribution in [0, 0.1) is 0 Å². The molecule has 86 valence electrons. The molecule has 0 amide bonds. The van der Waals surface area contributed by atoms with Crippen molar-refractivity contribution in [3.63, 3.8) is 0 Å². The molecule has 3 rings (SSSR count). The monoisotopic (exact) mass is 224 g/mol. The summed E-state index contributed by atoms with van der Waals surface area (Å²) in [5, 5.41) is 2.50. The molecule has 0 spiro atoms. The topological polar surface area (TPSA) is 28.7 Å². The first-order valence-corrected chi connectivity index (χ1v) is 5.93. The number of hydrogen-bond donors (Lipinski definition) is 1. The molecular formula is C15H16N2. The summed E-state index contributed by atoms with van der Waals surface area (Å²) in [5.41, 5.74) is 2.23. The molecule has 17 heavy (non-hydrogen) atoms. The largest absolute Gasteiger partial charge is 0.342 e. The van der Waals surface area contributed by atoms with Gasteiger partial charge in [0.15, 0.2) is 0 Å². The summed E-state index contributed by atoms with van der Waals surface area (Å²) in [5.74, 6) is 1.04. The molecule has 2 nitrogen and oxygen atoms in total. The molecule has 3 aromatic rings. The number of aromatic nitrogens is 2. The van der Waals surface area contributed by atoms with Crippen LogP contribution in [0.2, 0.25) is 0 Å². The SMILES string of the molecule is CC(C)(C)c1nc2cc3ccccc3cc2[nH]1. The summed E-state index contributed by atoms with van der Waals surface area (Å²) in [6, 6.07) is 12.7. The van der Waals surface area contributed by atoms with E-state index in [1.807, 2.05) is 0 Å². The van der Waals surface area contributed by atoms with Crippen molar-refractivity contribution in [2.45, 2.75) is 26.2 Å². The van der Waals surface area contributed by atoms with Crippen molar-refractivity contribution in [2.24, 2.45) is 0 Å². The van der Waals surface area contributed by atoms with E-state index in [1.165, 1.54) is 10.8 Å². The molecule has 0 bridgehead atoms. The van der Waals surface area contributed by atoms with E-state index >= 15 is 0 Å². The van der Waals surface area contributed by atoms with E-state index in [9.17, 15) is 0 Å². The van der Waals surface area contributed by atoms with E-state index in [1.54, 1.807) is 0 Å². The number of nitrogens with one attached hydrogen (secondary N) is 1. The quantitative estimate of drug-likeness (QED) is 0.614. The van der Waals surface area contributed by atoms with Crippen molar-refractivity contribution in [2.75, 3.05) is 0 Å². The van der Waals surface area contributed by atoms with Gasteiger partial charge in [-0.25, -0.2) is 4.98 Å². The fourth-order valence-electron chi connectivity index (χ4n) is 2.05. The second-order valence-electron chi connectivity index (χ2n) is 5.55. The number of nitrogens with zero attached hydrogens (tertiary/aromatic N) is 1. The first-order chi connectivity index (χ1) is 8.04. The molecule has 0 aliphatic heterocycles. The molecule has 2 heteroatoms. The van der Waals surface area contributed by atoms with Gasteiger partial charge < -0.3 is 4.98 Å². The van der Waals surface area contributed by atoms with Crippen LogP contribution in [0.4, 0.5) is 0 Å². The second kappa shape index (κ2) is 3.33. The fourth-order valence-corrected chi connectivity index (χ4v) is 2.05. The zero-order valence-electron chi connectivity index (χ0n) is 10.4. The molecule has 0 aliphatic carbocycles. The Hall–Kier alpha value is -1.83. The number of benzene rings is 2. The molecule has 1 heterocycles. The third-order valence-corrected chi connectivity index (χ3v) is 3.06. The summed E-state index contributed by atoms with van der Waals surface area (Å²) in [7, 11) is 0. The average molecular weight is 224 g/mol. The third kappa shape index (κ3) is 1.70. The maximum atomic E-state index is 4.68. The molecule has 0 radical (unpaired) electrons. The third-order valence-electron chi connectivity index (χ3n) is 3.06. The average Bonchev–Trinajstić information content (AvgIpc) is 2.68. The molecule has 1 N–H and O–H groups in total. The van der Waals surface area contributed by atoms with Gasteiger partial charge in [0.2, 0.25) is 0 Å². The highest BCUT2D eigenvalue weighted by molar-refractivity contribution is 5.95. The lowest BCUT2D eigenvalue weighted by atomic mass is 9.96. The van der Waals surface area contributed by atoms with Gasteiger partial charge in [0.1, 0.15) is 5.82 Å². The first-order valence-electron chi connectivity index (χ1n) is 5.93. The maximum Gasteiger partial charge on any atom is 0.112 e. The van der Waals surface area contributed by atoms with Crippen LogP contribution in [0.15, 0.2) is 36.4 Å². The lowest BCUT2D eigenvalue weighted by Gasteiger charge is -2.13. The van der Waals surface area contributed by atoms with E-state index in [0.29, 0.717) is 0 Å². The van der Waals surface area contributed by atoms with E-state index in [-0.39, 0.29) is 5.41 Å².